The number of hydrogen-bond acceptors (Lipinski definition) is 10. The Morgan fingerprint density at radius 3 is 2.65 bits per heavy atom. The third kappa shape index (κ3) is 4.86. The van der Waals surface area contributed by atoms with Crippen molar-refractivity contribution < 1.29 is 23.8 Å². The summed E-state index contributed by atoms with van der Waals surface area (Å²) in [5, 5.41) is 8.59. The first-order chi connectivity index (χ1) is 18.9. The fourth-order valence-corrected chi connectivity index (χ4v) is 5.00. The van der Waals surface area contributed by atoms with Crippen molar-refractivity contribution in [2.75, 3.05) is 12.4 Å². The van der Waals surface area contributed by atoms with Gasteiger partial charge in [0.25, 0.3) is 0 Å². The van der Waals surface area contributed by atoms with Crippen LogP contribution in [0, 0.1) is 5.92 Å². The molecule has 1 fully saturated rings. The van der Waals surface area contributed by atoms with E-state index in [1.807, 2.05) is 26.8 Å². The summed E-state index contributed by atoms with van der Waals surface area (Å²) in [4.78, 5) is 41.1. The summed E-state index contributed by atoms with van der Waals surface area (Å²) in [6, 6.07) is 5.23. The second-order valence-electron chi connectivity index (χ2n) is 11.2. The zero-order valence-corrected chi connectivity index (χ0v) is 23.3. The van der Waals surface area contributed by atoms with Crippen molar-refractivity contribution >= 4 is 34.3 Å². The van der Waals surface area contributed by atoms with Crippen molar-refractivity contribution in [2.45, 2.75) is 70.6 Å². The molecule has 12 nitrogen and oxygen atoms in total. The van der Waals surface area contributed by atoms with Gasteiger partial charge < -0.3 is 19.5 Å². The molecule has 1 atom stereocenters. The molecule has 1 aliphatic heterocycles. The number of carbonyl (C=O) groups is 2. The van der Waals surface area contributed by atoms with Gasteiger partial charge in [-0.15, -0.1) is 0 Å². The zero-order valence-electron chi connectivity index (χ0n) is 23.3. The first-order valence-corrected chi connectivity index (χ1v) is 13.0. The van der Waals surface area contributed by atoms with Crippen molar-refractivity contribution in [3.8, 4) is 5.88 Å². The van der Waals surface area contributed by atoms with Crippen LogP contribution in [-0.4, -0.2) is 45.7 Å². The molecule has 4 heterocycles. The highest BCUT2D eigenvalue weighted by Gasteiger charge is 2.40. The number of cyclic esters (lactones) is 1. The molecule has 3 aromatic rings. The van der Waals surface area contributed by atoms with Crippen LogP contribution in [0.4, 0.5) is 11.6 Å². The second-order valence-corrected chi connectivity index (χ2v) is 11.2. The third-order valence-electron chi connectivity index (χ3n) is 7.81. The van der Waals surface area contributed by atoms with E-state index in [1.165, 1.54) is 7.11 Å². The van der Waals surface area contributed by atoms with Crippen molar-refractivity contribution in [1.82, 2.24) is 15.0 Å². The number of esters is 2. The minimum Gasteiger partial charge on any atom is -0.474 e. The van der Waals surface area contributed by atoms with Gasteiger partial charge in [-0.25, -0.2) is 19.7 Å². The van der Waals surface area contributed by atoms with Gasteiger partial charge in [0.05, 0.1) is 35.2 Å². The van der Waals surface area contributed by atoms with E-state index in [-0.39, 0.29) is 23.9 Å². The molecule has 40 heavy (non-hydrogen) atoms. The number of rotatable bonds is 7. The molecule has 12 heteroatoms. The number of nitrogens with one attached hydrogen (secondary N) is 1. The Morgan fingerprint density at radius 2 is 1.95 bits per heavy atom. The van der Waals surface area contributed by atoms with E-state index in [0.717, 1.165) is 5.39 Å². The molecule has 1 N–H and O–H groups in total. The monoisotopic (exact) mass is 545 g/mol. The molecule has 0 saturated heterocycles. The topological polar surface area (TPSA) is 161 Å². The maximum atomic E-state index is 12.5. The van der Waals surface area contributed by atoms with Crippen molar-refractivity contribution in [2.24, 2.45) is 11.0 Å². The number of anilines is 2. The van der Waals surface area contributed by atoms with Gasteiger partial charge in [0.15, 0.2) is 0 Å². The van der Waals surface area contributed by atoms with E-state index in [9.17, 15) is 15.1 Å². The highest BCUT2D eigenvalue weighted by Crippen LogP contribution is 2.40. The van der Waals surface area contributed by atoms with Crippen LogP contribution in [0.15, 0.2) is 35.7 Å². The van der Waals surface area contributed by atoms with E-state index < -0.39 is 17.1 Å². The van der Waals surface area contributed by atoms with Crippen LogP contribution < -0.4 is 10.1 Å². The largest absolute Gasteiger partial charge is 0.474 e. The molecule has 0 aromatic carbocycles. The Kier molecular flexibility index (Phi) is 6.75. The second kappa shape index (κ2) is 9.95. The highest BCUT2D eigenvalue weighted by molar-refractivity contribution is 5.93. The van der Waals surface area contributed by atoms with Crippen LogP contribution >= 0.6 is 0 Å². The summed E-state index contributed by atoms with van der Waals surface area (Å²) in [5.74, 6) is 0.464. The summed E-state index contributed by atoms with van der Waals surface area (Å²) < 4.78 is 16.5. The van der Waals surface area contributed by atoms with E-state index in [0.29, 0.717) is 52.6 Å². The summed E-state index contributed by atoms with van der Waals surface area (Å²) in [7, 11) is 1.38. The van der Waals surface area contributed by atoms with Crippen molar-refractivity contribution in [3.05, 3.63) is 57.9 Å². The normalized spacial score (nSPS) is 21.4. The van der Waals surface area contributed by atoms with Crippen molar-refractivity contribution in [3.63, 3.8) is 0 Å². The maximum absolute atomic E-state index is 12.5. The van der Waals surface area contributed by atoms with E-state index in [4.69, 9.17) is 19.2 Å². The summed E-state index contributed by atoms with van der Waals surface area (Å²) >= 11 is 0. The van der Waals surface area contributed by atoms with E-state index in [2.05, 4.69) is 25.3 Å². The lowest BCUT2D eigenvalue weighted by atomic mass is 9.82. The first-order valence-electron chi connectivity index (χ1n) is 13.0. The number of azide groups is 1. The van der Waals surface area contributed by atoms with Gasteiger partial charge in [0.2, 0.25) is 5.88 Å². The van der Waals surface area contributed by atoms with Gasteiger partial charge in [-0.1, -0.05) is 25.9 Å². The molecule has 5 rings (SSSR count). The van der Waals surface area contributed by atoms with Gasteiger partial charge in [-0.05, 0) is 61.4 Å². The molecule has 3 aromatic heterocycles. The van der Waals surface area contributed by atoms with Gasteiger partial charge in [0.1, 0.15) is 23.3 Å². The molecule has 1 aliphatic carbocycles. The molecule has 1 saturated carbocycles. The Labute approximate surface area is 231 Å². The number of pyridine rings is 3. The standard InChI is InChI=1S/C28H31N7O5/c1-14-23-17(26(37)40-28(14,4)5)7-8-21(33-23)32-22-11-18-19(12-30-22)24(31-13-20(18)27(2,3)34-35-29)39-16-9-15(10-16)25(36)38-6/h7-8,11-16H,9-10H2,1-6H3,(H,30,32,33). The number of methoxy groups -OCH3 is 1. The maximum Gasteiger partial charge on any atom is 0.340 e. The smallest absolute Gasteiger partial charge is 0.340 e. The summed E-state index contributed by atoms with van der Waals surface area (Å²) in [5.41, 5.74) is 9.37. The van der Waals surface area contributed by atoms with Crippen LogP contribution in [-0.2, 0) is 19.8 Å². The Hall–Kier alpha value is -4.44. The van der Waals surface area contributed by atoms with Gasteiger partial charge >= 0.3 is 11.9 Å². The number of aromatic nitrogens is 3. The third-order valence-corrected chi connectivity index (χ3v) is 7.81. The number of nitrogens with zero attached hydrogens (tertiary/aromatic N) is 6. The molecule has 0 spiro atoms. The molecule has 2 aliphatic rings. The van der Waals surface area contributed by atoms with E-state index in [1.54, 1.807) is 38.4 Å². The molecular formula is C28H31N7O5. The first kappa shape index (κ1) is 27.1. The van der Waals surface area contributed by atoms with E-state index >= 15 is 0 Å². The number of hydrogen-bond donors (Lipinski definition) is 1. The van der Waals surface area contributed by atoms with Crippen LogP contribution in [0.5, 0.6) is 5.88 Å². The lowest BCUT2D eigenvalue weighted by Crippen LogP contribution is -2.39. The number of carbonyl (C=O) groups excluding carboxylic acids is 2. The molecule has 1 unspecified atom stereocenters. The predicted octanol–water partition coefficient (Wildman–Crippen LogP) is 5.70. The molecule has 208 valence electrons. The zero-order chi connectivity index (χ0) is 28.8. The Morgan fingerprint density at radius 1 is 1.20 bits per heavy atom. The SMILES string of the molecule is COC(=O)C1CC(Oc2ncc(C(C)(C)N=[N+]=[N-])c3cc(Nc4ccc5c(n4)C(C)C(C)(C)OC5=O)ncc23)C1. The minimum absolute atomic E-state index is 0.112. The van der Waals surface area contributed by atoms with Crippen LogP contribution in [0.3, 0.4) is 0 Å². The number of fused-ring (bicyclic) bond motifs is 2. The van der Waals surface area contributed by atoms with Gasteiger partial charge in [-0.3, -0.25) is 4.79 Å². The molecular weight excluding hydrogens is 514 g/mol. The fourth-order valence-electron chi connectivity index (χ4n) is 5.00. The molecule has 0 radical (unpaired) electrons. The summed E-state index contributed by atoms with van der Waals surface area (Å²) in [6.45, 7) is 9.31. The average molecular weight is 546 g/mol. The van der Waals surface area contributed by atoms with Crippen LogP contribution in [0.2, 0.25) is 0 Å². The van der Waals surface area contributed by atoms with Crippen LogP contribution in [0.25, 0.3) is 21.2 Å². The van der Waals surface area contributed by atoms with Crippen molar-refractivity contribution in [1.29, 1.82) is 0 Å². The molecule has 0 amide bonds. The Balaban J connectivity index is 1.50. The molecule has 0 bridgehead atoms. The lowest BCUT2D eigenvalue weighted by Gasteiger charge is -2.36. The minimum atomic E-state index is -0.908. The van der Waals surface area contributed by atoms with Gasteiger partial charge in [0, 0.05) is 23.2 Å². The Bertz CT molecular complexity index is 1560. The van der Waals surface area contributed by atoms with Gasteiger partial charge in [-0.2, -0.15) is 0 Å². The lowest BCUT2D eigenvalue weighted by molar-refractivity contribution is -0.151. The number of ether oxygens (including phenoxy) is 3. The highest BCUT2D eigenvalue weighted by atomic mass is 16.6. The summed E-state index contributed by atoms with van der Waals surface area (Å²) in [6.07, 6.45) is 4.20. The average Bonchev–Trinajstić information content (AvgIpc) is 2.88. The quantitative estimate of drug-likeness (QED) is 0.170. The predicted molar refractivity (Wildman–Crippen MR) is 146 cm³/mol. The van der Waals surface area contributed by atoms with Crippen LogP contribution in [0.1, 0.15) is 75.0 Å². The fraction of sp³-hybridized carbons (Fsp3) is 0.464.